The Hall–Kier alpha value is -2.75. The van der Waals surface area contributed by atoms with Crippen molar-refractivity contribution in [3.8, 4) is 11.5 Å². The van der Waals surface area contributed by atoms with Crippen molar-refractivity contribution in [3.63, 3.8) is 0 Å². The van der Waals surface area contributed by atoms with Crippen molar-refractivity contribution in [2.24, 2.45) is 0 Å². The van der Waals surface area contributed by atoms with Crippen LogP contribution in [0.25, 0.3) is 6.08 Å². The first-order chi connectivity index (χ1) is 10.1. The molecule has 0 bridgehead atoms. The number of methoxy groups -OCH3 is 1. The molecule has 0 atom stereocenters. The number of phenolic OH excluding ortho intramolecular Hbond substituents is 1. The maximum atomic E-state index is 11.9. The summed E-state index contributed by atoms with van der Waals surface area (Å²) in [4.78, 5) is 11.9. The highest BCUT2D eigenvalue weighted by Crippen LogP contribution is 2.21. The molecular weight excluding hydrogens is 266 g/mol. The number of nitrogens with one attached hydrogen (secondary N) is 1. The van der Waals surface area contributed by atoms with E-state index in [2.05, 4.69) is 5.32 Å². The second kappa shape index (κ2) is 6.61. The van der Waals surface area contributed by atoms with Gasteiger partial charge < -0.3 is 15.2 Å². The van der Waals surface area contributed by atoms with Gasteiger partial charge in [-0.1, -0.05) is 17.7 Å². The molecule has 2 N–H and O–H groups in total. The molecule has 4 nitrogen and oxygen atoms in total. The lowest BCUT2D eigenvalue weighted by Crippen LogP contribution is -2.07. The molecule has 0 fully saturated rings. The molecule has 0 aliphatic heterocycles. The van der Waals surface area contributed by atoms with Crippen molar-refractivity contribution in [1.29, 1.82) is 0 Å². The number of ether oxygens (including phenoxy) is 1. The van der Waals surface area contributed by atoms with Gasteiger partial charge in [-0.05, 0) is 37.3 Å². The quantitative estimate of drug-likeness (QED) is 0.846. The lowest BCUT2D eigenvalue weighted by molar-refractivity contribution is -0.111. The van der Waals surface area contributed by atoms with Gasteiger partial charge in [0, 0.05) is 23.4 Å². The van der Waals surface area contributed by atoms with E-state index >= 15 is 0 Å². The highest BCUT2D eigenvalue weighted by Gasteiger charge is 2.02. The summed E-state index contributed by atoms with van der Waals surface area (Å²) in [5, 5.41) is 12.0. The molecule has 0 radical (unpaired) electrons. The van der Waals surface area contributed by atoms with E-state index in [-0.39, 0.29) is 11.7 Å². The Morgan fingerprint density at radius 1 is 1.24 bits per heavy atom. The van der Waals surface area contributed by atoms with Crippen molar-refractivity contribution >= 4 is 17.7 Å². The smallest absolute Gasteiger partial charge is 0.248 e. The number of benzene rings is 2. The Morgan fingerprint density at radius 3 is 2.76 bits per heavy atom. The van der Waals surface area contributed by atoms with Crippen molar-refractivity contribution < 1.29 is 14.6 Å². The standard InChI is InChI=1S/C17H17NO3/c1-12-6-8-16(21-2)13(10-12)7-9-17(20)18-14-4-3-5-15(19)11-14/h3-11,19H,1-2H3,(H,18,20)/b9-7+. The number of carbonyl (C=O) groups excluding carboxylic acids is 1. The van der Waals surface area contributed by atoms with Crippen molar-refractivity contribution in [2.75, 3.05) is 12.4 Å². The molecule has 0 heterocycles. The number of phenols is 1. The number of aromatic hydroxyl groups is 1. The summed E-state index contributed by atoms with van der Waals surface area (Å²) in [5.41, 5.74) is 2.47. The monoisotopic (exact) mass is 283 g/mol. The molecule has 108 valence electrons. The van der Waals surface area contributed by atoms with Gasteiger partial charge in [-0.2, -0.15) is 0 Å². The van der Waals surface area contributed by atoms with Crippen LogP contribution in [0.5, 0.6) is 11.5 Å². The van der Waals surface area contributed by atoms with Crippen LogP contribution in [0.15, 0.2) is 48.5 Å². The van der Waals surface area contributed by atoms with Gasteiger partial charge in [0.15, 0.2) is 0 Å². The fourth-order valence-electron chi connectivity index (χ4n) is 1.92. The molecule has 0 aliphatic carbocycles. The number of anilines is 1. The van der Waals surface area contributed by atoms with E-state index in [4.69, 9.17) is 4.74 Å². The van der Waals surface area contributed by atoms with Crippen LogP contribution in [0, 0.1) is 6.92 Å². The lowest BCUT2D eigenvalue weighted by Gasteiger charge is -2.06. The van der Waals surface area contributed by atoms with Gasteiger partial charge in [-0.15, -0.1) is 0 Å². The lowest BCUT2D eigenvalue weighted by atomic mass is 10.1. The number of hydrogen-bond acceptors (Lipinski definition) is 3. The Kier molecular flexibility index (Phi) is 4.61. The summed E-state index contributed by atoms with van der Waals surface area (Å²) < 4.78 is 5.25. The van der Waals surface area contributed by atoms with Crippen LogP contribution in [-0.2, 0) is 4.79 Å². The maximum absolute atomic E-state index is 11.9. The van der Waals surface area contributed by atoms with Gasteiger partial charge >= 0.3 is 0 Å². The highest BCUT2D eigenvalue weighted by molar-refractivity contribution is 6.02. The first-order valence-electron chi connectivity index (χ1n) is 6.51. The van der Waals surface area contributed by atoms with E-state index in [1.54, 1.807) is 31.4 Å². The van der Waals surface area contributed by atoms with Gasteiger partial charge in [0.05, 0.1) is 7.11 Å². The number of rotatable bonds is 4. The fourth-order valence-corrected chi connectivity index (χ4v) is 1.92. The van der Waals surface area contributed by atoms with Crippen LogP contribution in [0.1, 0.15) is 11.1 Å². The van der Waals surface area contributed by atoms with Crippen LogP contribution in [0.3, 0.4) is 0 Å². The normalized spacial score (nSPS) is 10.6. The summed E-state index contributed by atoms with van der Waals surface area (Å²) in [7, 11) is 1.59. The van der Waals surface area contributed by atoms with Gasteiger partial charge in [0.25, 0.3) is 0 Å². The van der Waals surface area contributed by atoms with Crippen molar-refractivity contribution in [1.82, 2.24) is 0 Å². The molecular formula is C17H17NO3. The second-order valence-corrected chi connectivity index (χ2v) is 4.62. The van der Waals surface area contributed by atoms with E-state index in [1.807, 2.05) is 25.1 Å². The Bertz CT molecular complexity index is 677. The Balaban J connectivity index is 2.10. The average molecular weight is 283 g/mol. The zero-order valence-electron chi connectivity index (χ0n) is 12.0. The van der Waals surface area contributed by atoms with Crippen LogP contribution in [0.2, 0.25) is 0 Å². The molecule has 0 unspecified atom stereocenters. The van der Waals surface area contributed by atoms with Gasteiger partial charge in [0.1, 0.15) is 11.5 Å². The molecule has 1 amide bonds. The molecule has 21 heavy (non-hydrogen) atoms. The SMILES string of the molecule is COc1ccc(C)cc1/C=C/C(=O)Nc1cccc(O)c1. The van der Waals surface area contributed by atoms with E-state index in [1.165, 1.54) is 12.1 Å². The Morgan fingerprint density at radius 2 is 2.05 bits per heavy atom. The summed E-state index contributed by atoms with van der Waals surface area (Å²) in [6, 6.07) is 12.2. The predicted molar refractivity (Wildman–Crippen MR) is 83.5 cm³/mol. The van der Waals surface area contributed by atoms with E-state index < -0.39 is 0 Å². The zero-order valence-corrected chi connectivity index (χ0v) is 12.0. The summed E-state index contributed by atoms with van der Waals surface area (Å²) in [6.45, 7) is 1.98. The summed E-state index contributed by atoms with van der Waals surface area (Å²) in [5.74, 6) is 0.545. The minimum atomic E-state index is -0.274. The summed E-state index contributed by atoms with van der Waals surface area (Å²) >= 11 is 0. The predicted octanol–water partition coefficient (Wildman–Crippen LogP) is 3.36. The largest absolute Gasteiger partial charge is 0.508 e. The number of hydrogen-bond donors (Lipinski definition) is 2. The highest BCUT2D eigenvalue weighted by atomic mass is 16.5. The molecule has 0 aromatic heterocycles. The molecule has 4 heteroatoms. The number of carbonyl (C=O) groups is 1. The number of aryl methyl sites for hydroxylation is 1. The topological polar surface area (TPSA) is 58.6 Å². The molecule has 2 aromatic carbocycles. The average Bonchev–Trinajstić information content (AvgIpc) is 2.45. The third-order valence-electron chi connectivity index (χ3n) is 2.91. The molecule has 0 saturated heterocycles. The van der Waals surface area contributed by atoms with Gasteiger partial charge in [-0.25, -0.2) is 0 Å². The van der Waals surface area contributed by atoms with E-state index in [0.717, 1.165) is 11.1 Å². The zero-order chi connectivity index (χ0) is 15.2. The first-order valence-corrected chi connectivity index (χ1v) is 6.51. The maximum Gasteiger partial charge on any atom is 0.248 e. The minimum Gasteiger partial charge on any atom is -0.508 e. The van der Waals surface area contributed by atoms with Crippen LogP contribution in [-0.4, -0.2) is 18.1 Å². The Labute approximate surface area is 123 Å². The molecule has 0 spiro atoms. The van der Waals surface area contributed by atoms with Crippen LogP contribution in [0.4, 0.5) is 5.69 Å². The summed E-state index contributed by atoms with van der Waals surface area (Å²) in [6.07, 6.45) is 3.13. The second-order valence-electron chi connectivity index (χ2n) is 4.62. The third kappa shape index (κ3) is 4.11. The minimum absolute atomic E-state index is 0.108. The first kappa shape index (κ1) is 14.7. The van der Waals surface area contributed by atoms with E-state index in [0.29, 0.717) is 11.4 Å². The number of amides is 1. The van der Waals surface area contributed by atoms with E-state index in [9.17, 15) is 9.90 Å². The van der Waals surface area contributed by atoms with Crippen LogP contribution < -0.4 is 10.1 Å². The van der Waals surface area contributed by atoms with Crippen molar-refractivity contribution in [3.05, 3.63) is 59.7 Å². The fraction of sp³-hybridized carbons (Fsp3) is 0.118. The van der Waals surface area contributed by atoms with Crippen LogP contribution >= 0.6 is 0 Å². The molecule has 0 aliphatic rings. The van der Waals surface area contributed by atoms with Gasteiger partial charge in [0.2, 0.25) is 5.91 Å². The third-order valence-corrected chi connectivity index (χ3v) is 2.91. The molecule has 0 saturated carbocycles. The van der Waals surface area contributed by atoms with Crippen molar-refractivity contribution in [2.45, 2.75) is 6.92 Å². The molecule has 2 rings (SSSR count). The molecule has 2 aromatic rings. The van der Waals surface area contributed by atoms with Gasteiger partial charge in [-0.3, -0.25) is 4.79 Å².